The lowest BCUT2D eigenvalue weighted by Crippen LogP contribution is -2.27. The summed E-state index contributed by atoms with van der Waals surface area (Å²) >= 11 is 6.08. The number of hydrogen-bond donors (Lipinski definition) is 2. The van der Waals surface area contributed by atoms with Crippen LogP contribution in [0.25, 0.3) is 0 Å². The molecule has 0 unspecified atom stereocenters. The highest BCUT2D eigenvalue weighted by molar-refractivity contribution is 6.33. The fourth-order valence-electron chi connectivity index (χ4n) is 2.05. The largest absolute Gasteiger partial charge is 0.497 e. The summed E-state index contributed by atoms with van der Waals surface area (Å²) in [5.74, 6) is 0.763. The molecule has 2 atom stereocenters. The van der Waals surface area contributed by atoms with E-state index in [9.17, 15) is 5.11 Å². The average molecular weight is 242 g/mol. The van der Waals surface area contributed by atoms with E-state index in [2.05, 4.69) is 5.32 Å². The molecule has 1 aromatic carbocycles. The minimum Gasteiger partial charge on any atom is -0.497 e. The first-order valence-corrected chi connectivity index (χ1v) is 5.86. The quantitative estimate of drug-likeness (QED) is 0.855. The average Bonchev–Trinajstić information content (AvgIpc) is 2.68. The number of rotatable bonds is 3. The molecular weight excluding hydrogens is 226 g/mol. The summed E-state index contributed by atoms with van der Waals surface area (Å²) in [6.45, 7) is 0. The lowest BCUT2D eigenvalue weighted by atomic mass is 10.2. The van der Waals surface area contributed by atoms with Gasteiger partial charge in [-0.1, -0.05) is 11.6 Å². The van der Waals surface area contributed by atoms with Crippen molar-refractivity contribution in [3.05, 3.63) is 23.2 Å². The van der Waals surface area contributed by atoms with Crippen molar-refractivity contribution in [2.45, 2.75) is 31.4 Å². The molecule has 3 nitrogen and oxygen atoms in total. The van der Waals surface area contributed by atoms with Gasteiger partial charge in [-0.25, -0.2) is 0 Å². The molecule has 0 aromatic heterocycles. The maximum absolute atomic E-state index is 9.73. The predicted molar refractivity (Wildman–Crippen MR) is 65.3 cm³/mol. The molecule has 0 spiro atoms. The summed E-state index contributed by atoms with van der Waals surface area (Å²) in [5, 5.41) is 13.7. The van der Waals surface area contributed by atoms with E-state index >= 15 is 0 Å². The first-order valence-electron chi connectivity index (χ1n) is 5.49. The Labute approximate surface area is 100 Å². The highest BCUT2D eigenvalue weighted by Gasteiger charge is 2.25. The Morgan fingerprint density at radius 1 is 1.44 bits per heavy atom. The molecule has 0 amide bonds. The summed E-state index contributed by atoms with van der Waals surface area (Å²) in [5.41, 5.74) is 0.826. The summed E-state index contributed by atoms with van der Waals surface area (Å²) < 4.78 is 5.14. The van der Waals surface area contributed by atoms with Crippen LogP contribution in [-0.2, 0) is 0 Å². The monoisotopic (exact) mass is 241 g/mol. The molecule has 0 bridgehead atoms. The zero-order chi connectivity index (χ0) is 11.5. The lowest BCUT2D eigenvalue weighted by molar-refractivity contribution is 0.172. The van der Waals surface area contributed by atoms with Gasteiger partial charge in [0.1, 0.15) is 5.75 Å². The van der Waals surface area contributed by atoms with Crippen LogP contribution in [0.1, 0.15) is 19.3 Å². The summed E-state index contributed by atoms with van der Waals surface area (Å²) in [6.07, 6.45) is 2.62. The molecule has 1 aliphatic rings. The zero-order valence-electron chi connectivity index (χ0n) is 9.24. The Morgan fingerprint density at radius 3 is 2.88 bits per heavy atom. The van der Waals surface area contributed by atoms with Crippen LogP contribution in [0.5, 0.6) is 5.75 Å². The molecule has 1 saturated carbocycles. The number of nitrogens with one attached hydrogen (secondary N) is 1. The van der Waals surface area contributed by atoms with E-state index in [1.165, 1.54) is 0 Å². The van der Waals surface area contributed by atoms with Crippen LogP contribution in [0, 0.1) is 0 Å². The van der Waals surface area contributed by atoms with E-state index < -0.39 is 0 Å². The van der Waals surface area contributed by atoms with Gasteiger partial charge in [-0.15, -0.1) is 0 Å². The van der Waals surface area contributed by atoms with Gasteiger partial charge in [-0.2, -0.15) is 0 Å². The minimum atomic E-state index is -0.276. The van der Waals surface area contributed by atoms with E-state index in [4.69, 9.17) is 16.3 Å². The number of aliphatic hydroxyl groups excluding tert-OH is 1. The third-order valence-corrected chi connectivity index (χ3v) is 3.32. The molecule has 88 valence electrons. The first-order chi connectivity index (χ1) is 7.70. The number of aliphatic hydroxyl groups is 1. The molecule has 16 heavy (non-hydrogen) atoms. The van der Waals surface area contributed by atoms with Gasteiger partial charge < -0.3 is 15.2 Å². The second kappa shape index (κ2) is 4.93. The number of halogens is 1. The van der Waals surface area contributed by atoms with Crippen molar-refractivity contribution in [3.8, 4) is 5.75 Å². The summed E-state index contributed by atoms with van der Waals surface area (Å²) in [6, 6.07) is 5.57. The Balaban J connectivity index is 2.13. The molecule has 0 heterocycles. The number of anilines is 1. The van der Waals surface area contributed by atoms with E-state index in [1.807, 2.05) is 12.1 Å². The molecule has 1 fully saturated rings. The second-order valence-corrected chi connectivity index (χ2v) is 4.50. The van der Waals surface area contributed by atoms with Crippen molar-refractivity contribution >= 4 is 17.3 Å². The van der Waals surface area contributed by atoms with E-state index in [0.29, 0.717) is 5.02 Å². The Hall–Kier alpha value is -0.930. The fourth-order valence-corrected chi connectivity index (χ4v) is 2.22. The van der Waals surface area contributed by atoms with Gasteiger partial charge in [0, 0.05) is 6.07 Å². The summed E-state index contributed by atoms with van der Waals surface area (Å²) in [4.78, 5) is 0. The maximum atomic E-state index is 9.73. The van der Waals surface area contributed by atoms with Crippen LogP contribution < -0.4 is 10.1 Å². The van der Waals surface area contributed by atoms with Crippen molar-refractivity contribution < 1.29 is 9.84 Å². The van der Waals surface area contributed by atoms with Crippen molar-refractivity contribution in [1.29, 1.82) is 0 Å². The topological polar surface area (TPSA) is 41.5 Å². The van der Waals surface area contributed by atoms with Crippen LogP contribution in [-0.4, -0.2) is 24.4 Å². The van der Waals surface area contributed by atoms with Gasteiger partial charge in [0.05, 0.1) is 30.0 Å². The maximum Gasteiger partial charge on any atom is 0.121 e. The van der Waals surface area contributed by atoms with Crippen molar-refractivity contribution in [3.63, 3.8) is 0 Å². The molecule has 2 N–H and O–H groups in total. The highest BCUT2D eigenvalue weighted by atomic mass is 35.5. The lowest BCUT2D eigenvalue weighted by Gasteiger charge is -2.19. The highest BCUT2D eigenvalue weighted by Crippen LogP contribution is 2.30. The smallest absolute Gasteiger partial charge is 0.121 e. The fraction of sp³-hybridized carbons (Fsp3) is 0.500. The Morgan fingerprint density at radius 2 is 2.25 bits per heavy atom. The Bertz CT molecular complexity index is 370. The van der Waals surface area contributed by atoms with E-state index in [-0.39, 0.29) is 12.1 Å². The third-order valence-electron chi connectivity index (χ3n) is 2.99. The van der Waals surface area contributed by atoms with Crippen LogP contribution >= 0.6 is 11.6 Å². The Kier molecular flexibility index (Phi) is 3.56. The van der Waals surface area contributed by atoms with Crippen LogP contribution in [0.3, 0.4) is 0 Å². The standard InChI is InChI=1S/C12H16ClNO2/c1-16-8-5-6-9(13)11(7-8)14-10-3-2-4-12(10)15/h5-7,10,12,14-15H,2-4H2,1H3/t10-,12-/m1/s1. The van der Waals surface area contributed by atoms with Gasteiger partial charge >= 0.3 is 0 Å². The number of benzene rings is 1. The SMILES string of the molecule is COc1ccc(Cl)c(N[C@@H]2CCC[C@H]2O)c1. The number of hydrogen-bond acceptors (Lipinski definition) is 3. The molecule has 0 radical (unpaired) electrons. The summed E-state index contributed by atoms with van der Waals surface area (Å²) in [7, 11) is 1.62. The van der Waals surface area contributed by atoms with Crippen LogP contribution in [0.2, 0.25) is 5.02 Å². The zero-order valence-corrected chi connectivity index (χ0v) is 10.00. The van der Waals surface area contributed by atoms with Crippen LogP contribution in [0.15, 0.2) is 18.2 Å². The van der Waals surface area contributed by atoms with Gasteiger partial charge in [-0.3, -0.25) is 0 Å². The number of methoxy groups -OCH3 is 1. The molecule has 4 heteroatoms. The third kappa shape index (κ3) is 2.42. The predicted octanol–water partition coefficient (Wildman–Crippen LogP) is 2.67. The molecule has 2 rings (SSSR count). The van der Waals surface area contributed by atoms with Crippen molar-refractivity contribution in [1.82, 2.24) is 0 Å². The van der Waals surface area contributed by atoms with E-state index in [1.54, 1.807) is 13.2 Å². The minimum absolute atomic E-state index is 0.101. The normalized spacial score (nSPS) is 24.4. The van der Waals surface area contributed by atoms with Crippen LogP contribution in [0.4, 0.5) is 5.69 Å². The molecule has 1 aliphatic carbocycles. The molecule has 1 aromatic rings. The number of ether oxygens (including phenoxy) is 1. The molecular formula is C12H16ClNO2. The van der Waals surface area contributed by atoms with Gasteiger partial charge in [-0.05, 0) is 31.4 Å². The van der Waals surface area contributed by atoms with Gasteiger partial charge in [0.2, 0.25) is 0 Å². The molecule has 0 aliphatic heterocycles. The van der Waals surface area contributed by atoms with E-state index in [0.717, 1.165) is 30.7 Å². The first kappa shape index (κ1) is 11.6. The second-order valence-electron chi connectivity index (χ2n) is 4.09. The van der Waals surface area contributed by atoms with Gasteiger partial charge in [0.25, 0.3) is 0 Å². The van der Waals surface area contributed by atoms with Crippen molar-refractivity contribution in [2.24, 2.45) is 0 Å². The molecule has 0 saturated heterocycles. The van der Waals surface area contributed by atoms with Gasteiger partial charge in [0.15, 0.2) is 0 Å². The van der Waals surface area contributed by atoms with Crippen molar-refractivity contribution in [2.75, 3.05) is 12.4 Å².